The van der Waals surface area contributed by atoms with Gasteiger partial charge in [-0.2, -0.15) is 0 Å². The third-order valence-corrected chi connectivity index (χ3v) is 4.69. The second kappa shape index (κ2) is 6.07. The van der Waals surface area contributed by atoms with Crippen LogP contribution in [0.2, 0.25) is 0 Å². The van der Waals surface area contributed by atoms with E-state index >= 15 is 0 Å². The first-order valence-electron chi connectivity index (χ1n) is 7.82. The van der Waals surface area contributed by atoms with Gasteiger partial charge in [-0.3, -0.25) is 0 Å². The van der Waals surface area contributed by atoms with Crippen LogP contribution in [0.3, 0.4) is 0 Å². The molecule has 0 heterocycles. The molecule has 0 amide bonds. The maximum atomic E-state index is 10.4. The van der Waals surface area contributed by atoms with E-state index in [9.17, 15) is 30.6 Å². The summed E-state index contributed by atoms with van der Waals surface area (Å²) in [6, 6.07) is 14.1. The van der Waals surface area contributed by atoms with Crippen LogP contribution in [0.25, 0.3) is 0 Å². The molecule has 0 saturated heterocycles. The molecule has 0 bridgehead atoms. The van der Waals surface area contributed by atoms with E-state index in [4.69, 9.17) is 0 Å². The zero-order valence-corrected chi connectivity index (χ0v) is 13.9. The number of phenolic OH excluding ortho intramolecular Hbond substituents is 6. The Hall–Kier alpha value is -3.54. The molecule has 6 nitrogen and oxygen atoms in total. The predicted molar refractivity (Wildman–Crippen MR) is 94.9 cm³/mol. The van der Waals surface area contributed by atoms with Crippen LogP contribution in [0, 0.1) is 0 Å². The summed E-state index contributed by atoms with van der Waals surface area (Å²) in [5, 5.41) is 60.1. The van der Waals surface area contributed by atoms with Crippen molar-refractivity contribution in [3.8, 4) is 34.5 Å². The van der Waals surface area contributed by atoms with Gasteiger partial charge in [0.1, 0.15) is 0 Å². The SMILES string of the molecule is CC(c1ccccc1)(c1ccc(O)c(O)c1O)c1ccc(O)c(O)c1O. The third kappa shape index (κ3) is 2.43. The van der Waals surface area contributed by atoms with Gasteiger partial charge in [-0.25, -0.2) is 0 Å². The van der Waals surface area contributed by atoms with Crippen molar-refractivity contribution in [2.75, 3.05) is 0 Å². The largest absolute Gasteiger partial charge is 0.504 e. The number of hydrogen-bond donors (Lipinski definition) is 6. The Morgan fingerprint density at radius 3 is 1.38 bits per heavy atom. The van der Waals surface area contributed by atoms with Crippen molar-refractivity contribution in [1.82, 2.24) is 0 Å². The van der Waals surface area contributed by atoms with Crippen molar-refractivity contribution in [3.05, 3.63) is 71.3 Å². The number of benzene rings is 3. The van der Waals surface area contributed by atoms with Gasteiger partial charge in [0.05, 0.1) is 0 Å². The van der Waals surface area contributed by atoms with Gasteiger partial charge in [0.2, 0.25) is 11.5 Å². The van der Waals surface area contributed by atoms with E-state index in [1.54, 1.807) is 37.3 Å². The van der Waals surface area contributed by atoms with Crippen LogP contribution in [-0.2, 0) is 5.41 Å². The number of hydrogen-bond acceptors (Lipinski definition) is 6. The Kier molecular flexibility index (Phi) is 4.04. The Morgan fingerprint density at radius 1 is 0.538 bits per heavy atom. The molecule has 3 rings (SSSR count). The second-order valence-electron chi connectivity index (χ2n) is 6.15. The molecular formula is C20H18O6. The normalized spacial score (nSPS) is 11.4. The molecule has 0 aliphatic rings. The van der Waals surface area contributed by atoms with Gasteiger partial charge in [-0.1, -0.05) is 42.5 Å². The molecule has 0 aromatic heterocycles. The zero-order valence-electron chi connectivity index (χ0n) is 13.9. The van der Waals surface area contributed by atoms with Crippen molar-refractivity contribution in [3.63, 3.8) is 0 Å². The van der Waals surface area contributed by atoms with Crippen molar-refractivity contribution in [2.24, 2.45) is 0 Å². The summed E-state index contributed by atoms with van der Waals surface area (Å²) in [5.74, 6) is -3.45. The Balaban J connectivity index is 2.40. The fraction of sp³-hybridized carbons (Fsp3) is 0.100. The van der Waals surface area contributed by atoms with Gasteiger partial charge in [-0.15, -0.1) is 0 Å². The van der Waals surface area contributed by atoms with Crippen LogP contribution in [0.15, 0.2) is 54.6 Å². The molecule has 0 unspecified atom stereocenters. The van der Waals surface area contributed by atoms with Crippen LogP contribution in [0.5, 0.6) is 34.5 Å². The molecule has 0 atom stereocenters. The first-order chi connectivity index (χ1) is 12.3. The van der Waals surface area contributed by atoms with E-state index in [1.165, 1.54) is 24.3 Å². The van der Waals surface area contributed by atoms with E-state index in [0.29, 0.717) is 5.56 Å². The lowest BCUT2D eigenvalue weighted by Crippen LogP contribution is -2.25. The molecule has 134 valence electrons. The Bertz CT molecular complexity index is 908. The minimum Gasteiger partial charge on any atom is -0.504 e. The average molecular weight is 354 g/mol. The summed E-state index contributed by atoms with van der Waals surface area (Å²) in [6.45, 7) is 1.68. The van der Waals surface area contributed by atoms with E-state index in [0.717, 1.165) is 0 Å². The molecule has 0 spiro atoms. The Labute approximate surface area is 149 Å². The van der Waals surface area contributed by atoms with Gasteiger partial charge >= 0.3 is 0 Å². The molecule has 0 radical (unpaired) electrons. The highest BCUT2D eigenvalue weighted by atomic mass is 16.3. The summed E-state index contributed by atoms with van der Waals surface area (Å²) in [7, 11) is 0. The quantitative estimate of drug-likeness (QED) is 0.317. The van der Waals surface area contributed by atoms with E-state index in [-0.39, 0.29) is 11.1 Å². The molecular weight excluding hydrogens is 336 g/mol. The van der Waals surface area contributed by atoms with Gasteiger partial charge in [-0.05, 0) is 24.6 Å². The van der Waals surface area contributed by atoms with E-state index in [1.807, 2.05) is 0 Å². The third-order valence-electron chi connectivity index (χ3n) is 4.69. The number of rotatable bonds is 3. The second-order valence-corrected chi connectivity index (χ2v) is 6.15. The first-order valence-corrected chi connectivity index (χ1v) is 7.82. The molecule has 6 N–H and O–H groups in total. The van der Waals surface area contributed by atoms with Crippen LogP contribution in [0.4, 0.5) is 0 Å². The summed E-state index contributed by atoms with van der Waals surface area (Å²) in [6.07, 6.45) is 0. The van der Waals surface area contributed by atoms with Crippen LogP contribution < -0.4 is 0 Å². The van der Waals surface area contributed by atoms with E-state index in [2.05, 4.69) is 0 Å². The maximum Gasteiger partial charge on any atom is 0.200 e. The van der Waals surface area contributed by atoms with Crippen molar-refractivity contribution >= 4 is 0 Å². The smallest absolute Gasteiger partial charge is 0.200 e. The van der Waals surface area contributed by atoms with Crippen molar-refractivity contribution in [1.29, 1.82) is 0 Å². The van der Waals surface area contributed by atoms with Gasteiger partial charge in [0.15, 0.2) is 23.0 Å². The van der Waals surface area contributed by atoms with Gasteiger partial charge in [0, 0.05) is 16.5 Å². The number of phenols is 6. The summed E-state index contributed by atoms with van der Waals surface area (Å²) >= 11 is 0. The standard InChI is InChI=1S/C20H18O6/c1-20(11-5-3-2-4-6-11,12-7-9-14(21)18(25)16(12)23)13-8-10-15(22)19(26)17(13)24/h2-10,21-26H,1H3. The first kappa shape index (κ1) is 17.3. The average Bonchev–Trinajstić information content (AvgIpc) is 2.64. The fourth-order valence-corrected chi connectivity index (χ4v) is 3.17. The topological polar surface area (TPSA) is 121 Å². The highest BCUT2D eigenvalue weighted by molar-refractivity contribution is 5.66. The lowest BCUT2D eigenvalue weighted by Gasteiger charge is -2.33. The molecule has 0 aliphatic heterocycles. The zero-order chi connectivity index (χ0) is 19.1. The maximum absolute atomic E-state index is 10.4. The lowest BCUT2D eigenvalue weighted by atomic mass is 9.70. The molecule has 0 saturated carbocycles. The highest BCUT2D eigenvalue weighted by Gasteiger charge is 2.38. The minimum atomic E-state index is -1.22. The summed E-state index contributed by atoms with van der Waals surface area (Å²) < 4.78 is 0. The fourth-order valence-electron chi connectivity index (χ4n) is 3.17. The summed E-state index contributed by atoms with van der Waals surface area (Å²) in [5.41, 5.74) is -0.189. The lowest BCUT2D eigenvalue weighted by molar-refractivity contribution is 0.355. The Morgan fingerprint density at radius 2 is 0.962 bits per heavy atom. The van der Waals surface area contributed by atoms with Crippen LogP contribution in [-0.4, -0.2) is 30.6 Å². The minimum absolute atomic E-state index is 0.194. The predicted octanol–water partition coefficient (Wildman–Crippen LogP) is 3.27. The van der Waals surface area contributed by atoms with Crippen LogP contribution in [0.1, 0.15) is 23.6 Å². The molecule has 3 aromatic carbocycles. The molecule has 26 heavy (non-hydrogen) atoms. The molecule has 6 heteroatoms. The van der Waals surface area contributed by atoms with Gasteiger partial charge < -0.3 is 30.6 Å². The summed E-state index contributed by atoms with van der Waals surface area (Å²) in [4.78, 5) is 0. The van der Waals surface area contributed by atoms with Crippen molar-refractivity contribution in [2.45, 2.75) is 12.3 Å². The molecule has 0 aliphatic carbocycles. The highest BCUT2D eigenvalue weighted by Crippen LogP contribution is 2.52. The monoisotopic (exact) mass is 354 g/mol. The van der Waals surface area contributed by atoms with Crippen LogP contribution >= 0.6 is 0 Å². The molecule has 0 fully saturated rings. The van der Waals surface area contributed by atoms with E-state index < -0.39 is 39.9 Å². The van der Waals surface area contributed by atoms with Gasteiger partial charge in [0.25, 0.3) is 0 Å². The van der Waals surface area contributed by atoms with Crippen molar-refractivity contribution < 1.29 is 30.6 Å². The number of aromatic hydroxyl groups is 6. The molecule has 3 aromatic rings.